The molecule has 10 heavy (non-hydrogen) atoms. The number of Topliss-reactive ketones (excluding diaryl/α,β-unsaturated/α-hetero) is 1. The molecule has 3 heteroatoms. The predicted octanol–water partition coefficient (Wildman–Crippen LogP) is 1.46. The minimum absolute atomic E-state index is 0.00116. The molecular weight excluding hydrogens is 133 g/mol. The molecule has 0 aliphatic heterocycles. The van der Waals surface area contributed by atoms with Gasteiger partial charge in [-0.25, -0.2) is 0 Å². The lowest BCUT2D eigenvalue weighted by Crippen LogP contribution is -2.23. The van der Waals surface area contributed by atoms with Crippen LogP contribution in [0.15, 0.2) is 0 Å². The second kappa shape index (κ2) is 3.31. The van der Waals surface area contributed by atoms with Crippen molar-refractivity contribution in [3.05, 3.63) is 0 Å². The number of nitriles is 1. The Hall–Kier alpha value is -0.910. The summed E-state index contributed by atoms with van der Waals surface area (Å²) in [5.74, 6) is -0.271. The van der Waals surface area contributed by atoms with E-state index in [9.17, 15) is 9.18 Å². The van der Waals surface area contributed by atoms with Gasteiger partial charge in [0.25, 0.3) is 0 Å². The minimum atomic E-state index is -1.12. The molecule has 0 aliphatic carbocycles. The number of carbonyl (C=O) groups is 1. The molecule has 0 saturated carbocycles. The third-order valence-corrected chi connectivity index (χ3v) is 1.62. The first-order valence-electron chi connectivity index (χ1n) is 3.05. The van der Waals surface area contributed by atoms with Crippen LogP contribution in [0.2, 0.25) is 0 Å². The molecule has 0 amide bonds. The second-order valence-corrected chi connectivity index (χ2v) is 2.44. The SMILES string of the molecule is CC(=O)C(C)(C#N)CCF. The maximum atomic E-state index is 11.7. The van der Waals surface area contributed by atoms with E-state index in [1.165, 1.54) is 13.8 Å². The lowest BCUT2D eigenvalue weighted by Gasteiger charge is -2.14. The summed E-state index contributed by atoms with van der Waals surface area (Å²) in [7, 11) is 0. The molecule has 0 heterocycles. The van der Waals surface area contributed by atoms with Gasteiger partial charge in [-0.3, -0.25) is 9.18 Å². The number of rotatable bonds is 3. The molecule has 0 aromatic heterocycles. The van der Waals surface area contributed by atoms with Crippen molar-refractivity contribution >= 4 is 5.78 Å². The van der Waals surface area contributed by atoms with E-state index in [1.54, 1.807) is 6.07 Å². The van der Waals surface area contributed by atoms with E-state index in [-0.39, 0.29) is 12.2 Å². The van der Waals surface area contributed by atoms with Gasteiger partial charge in [-0.05, 0) is 13.8 Å². The van der Waals surface area contributed by atoms with Crippen LogP contribution in [0.25, 0.3) is 0 Å². The zero-order chi connectivity index (χ0) is 8.20. The van der Waals surface area contributed by atoms with Gasteiger partial charge in [0, 0.05) is 6.42 Å². The maximum absolute atomic E-state index is 11.7. The zero-order valence-electron chi connectivity index (χ0n) is 6.15. The molecule has 0 bridgehead atoms. The number of halogens is 1. The summed E-state index contributed by atoms with van der Waals surface area (Å²) in [5, 5.41) is 8.45. The molecule has 1 unspecified atom stereocenters. The molecular formula is C7H10FNO. The summed E-state index contributed by atoms with van der Waals surface area (Å²) in [6.45, 7) is 2.14. The quantitative estimate of drug-likeness (QED) is 0.600. The molecule has 0 aliphatic rings. The van der Waals surface area contributed by atoms with Gasteiger partial charge in [0.05, 0.1) is 12.7 Å². The highest BCUT2D eigenvalue weighted by atomic mass is 19.1. The highest BCUT2D eigenvalue weighted by Gasteiger charge is 2.28. The molecule has 0 spiro atoms. The van der Waals surface area contributed by atoms with Crippen molar-refractivity contribution in [2.24, 2.45) is 5.41 Å². The Labute approximate surface area is 59.6 Å². The Kier molecular flexibility index (Phi) is 3.01. The highest BCUT2D eigenvalue weighted by Crippen LogP contribution is 2.20. The van der Waals surface area contributed by atoms with Gasteiger partial charge in [-0.1, -0.05) is 0 Å². The summed E-state index contributed by atoms with van der Waals surface area (Å²) in [6, 6.07) is 1.79. The van der Waals surface area contributed by atoms with E-state index in [2.05, 4.69) is 0 Å². The van der Waals surface area contributed by atoms with Gasteiger partial charge in [0.15, 0.2) is 0 Å². The Morgan fingerprint density at radius 3 is 2.40 bits per heavy atom. The number of hydrogen-bond donors (Lipinski definition) is 0. The lowest BCUT2D eigenvalue weighted by atomic mass is 9.85. The Morgan fingerprint density at radius 1 is 1.80 bits per heavy atom. The van der Waals surface area contributed by atoms with E-state index in [1.807, 2.05) is 0 Å². The monoisotopic (exact) mass is 143 g/mol. The number of hydrogen-bond acceptors (Lipinski definition) is 2. The largest absolute Gasteiger partial charge is 0.298 e. The Morgan fingerprint density at radius 2 is 2.30 bits per heavy atom. The van der Waals surface area contributed by atoms with Crippen LogP contribution < -0.4 is 0 Å². The lowest BCUT2D eigenvalue weighted by molar-refractivity contribution is -0.123. The third-order valence-electron chi connectivity index (χ3n) is 1.62. The fraction of sp³-hybridized carbons (Fsp3) is 0.714. The van der Waals surface area contributed by atoms with Crippen molar-refractivity contribution < 1.29 is 9.18 Å². The Bertz CT molecular complexity index is 173. The van der Waals surface area contributed by atoms with E-state index >= 15 is 0 Å². The van der Waals surface area contributed by atoms with E-state index in [4.69, 9.17) is 5.26 Å². The van der Waals surface area contributed by atoms with Crippen LogP contribution >= 0.6 is 0 Å². The summed E-state index contributed by atoms with van der Waals surface area (Å²) in [6.07, 6.45) is -0.00116. The van der Waals surface area contributed by atoms with Crippen LogP contribution in [-0.2, 0) is 4.79 Å². The van der Waals surface area contributed by atoms with Crippen LogP contribution in [0, 0.1) is 16.7 Å². The molecule has 1 atom stereocenters. The van der Waals surface area contributed by atoms with Crippen LogP contribution in [0.1, 0.15) is 20.3 Å². The topological polar surface area (TPSA) is 40.9 Å². The van der Waals surface area contributed by atoms with Crippen molar-refractivity contribution in [2.75, 3.05) is 6.67 Å². The van der Waals surface area contributed by atoms with Gasteiger partial charge in [-0.15, -0.1) is 0 Å². The number of ketones is 1. The standard InChI is InChI=1S/C7H10FNO/c1-6(10)7(2,5-9)3-4-8/h3-4H2,1-2H3. The van der Waals surface area contributed by atoms with Crippen molar-refractivity contribution in [3.63, 3.8) is 0 Å². The molecule has 0 aromatic carbocycles. The first-order chi connectivity index (χ1) is 4.56. The van der Waals surface area contributed by atoms with Crippen LogP contribution in [-0.4, -0.2) is 12.5 Å². The molecule has 0 saturated heterocycles. The first-order valence-corrected chi connectivity index (χ1v) is 3.05. The van der Waals surface area contributed by atoms with Crippen molar-refractivity contribution in [2.45, 2.75) is 20.3 Å². The minimum Gasteiger partial charge on any atom is -0.298 e. The number of nitrogens with zero attached hydrogens (tertiary/aromatic N) is 1. The van der Waals surface area contributed by atoms with Crippen molar-refractivity contribution in [1.82, 2.24) is 0 Å². The third kappa shape index (κ3) is 1.80. The second-order valence-electron chi connectivity index (χ2n) is 2.44. The van der Waals surface area contributed by atoms with Crippen molar-refractivity contribution in [1.29, 1.82) is 5.26 Å². The molecule has 0 N–H and O–H groups in total. The fourth-order valence-electron chi connectivity index (χ4n) is 0.500. The van der Waals surface area contributed by atoms with Crippen LogP contribution in [0.5, 0.6) is 0 Å². The van der Waals surface area contributed by atoms with Crippen LogP contribution in [0.3, 0.4) is 0 Å². The van der Waals surface area contributed by atoms with Crippen LogP contribution in [0.4, 0.5) is 4.39 Å². The average molecular weight is 143 g/mol. The van der Waals surface area contributed by atoms with Gasteiger partial charge in [0.2, 0.25) is 0 Å². The number of alkyl halides is 1. The molecule has 0 fully saturated rings. The molecule has 56 valence electrons. The van der Waals surface area contributed by atoms with E-state index in [0.717, 1.165) is 0 Å². The smallest absolute Gasteiger partial charge is 0.149 e. The average Bonchev–Trinajstić information content (AvgIpc) is 1.88. The highest BCUT2D eigenvalue weighted by molar-refractivity contribution is 5.84. The molecule has 2 nitrogen and oxygen atoms in total. The molecule has 0 radical (unpaired) electrons. The summed E-state index contributed by atoms with van der Waals surface area (Å²) >= 11 is 0. The number of carbonyl (C=O) groups excluding carboxylic acids is 1. The fourth-order valence-corrected chi connectivity index (χ4v) is 0.500. The van der Waals surface area contributed by atoms with E-state index in [0.29, 0.717) is 0 Å². The zero-order valence-corrected chi connectivity index (χ0v) is 6.15. The normalized spacial score (nSPS) is 15.4. The maximum Gasteiger partial charge on any atom is 0.149 e. The van der Waals surface area contributed by atoms with E-state index < -0.39 is 12.1 Å². The van der Waals surface area contributed by atoms with Gasteiger partial charge < -0.3 is 0 Å². The van der Waals surface area contributed by atoms with Gasteiger partial charge in [0.1, 0.15) is 11.2 Å². The van der Waals surface area contributed by atoms with Gasteiger partial charge >= 0.3 is 0 Å². The van der Waals surface area contributed by atoms with Crippen molar-refractivity contribution in [3.8, 4) is 6.07 Å². The summed E-state index contributed by atoms with van der Waals surface area (Å²) in [4.78, 5) is 10.7. The van der Waals surface area contributed by atoms with Gasteiger partial charge in [-0.2, -0.15) is 5.26 Å². The first kappa shape index (κ1) is 9.09. The molecule has 0 rings (SSSR count). The predicted molar refractivity (Wildman–Crippen MR) is 35.0 cm³/mol. The summed E-state index contributed by atoms with van der Waals surface area (Å²) < 4.78 is 11.7. The molecule has 0 aromatic rings. The summed E-state index contributed by atoms with van der Waals surface area (Å²) in [5.41, 5.74) is -1.12. The Balaban J connectivity index is 4.27.